The number of ether oxygens (including phenoxy) is 2. The van der Waals surface area contributed by atoms with Crippen LogP contribution in [0.1, 0.15) is 24.4 Å². The highest BCUT2D eigenvalue weighted by atomic mass is 35.5. The zero-order chi connectivity index (χ0) is 22.0. The van der Waals surface area contributed by atoms with Gasteiger partial charge in [-0.05, 0) is 42.0 Å². The van der Waals surface area contributed by atoms with Crippen molar-refractivity contribution in [2.75, 3.05) is 25.0 Å². The molecule has 0 bridgehead atoms. The number of hydrogen-bond acceptors (Lipinski definition) is 7. The van der Waals surface area contributed by atoms with E-state index in [2.05, 4.69) is 20.9 Å². The van der Waals surface area contributed by atoms with Crippen LogP contribution in [0.3, 0.4) is 0 Å². The van der Waals surface area contributed by atoms with E-state index in [1.54, 1.807) is 44.6 Å². The number of nitrogens with one attached hydrogen (secondary N) is 2. The van der Waals surface area contributed by atoms with E-state index in [-0.39, 0.29) is 11.9 Å². The summed E-state index contributed by atoms with van der Waals surface area (Å²) in [7, 11) is 3.17. The number of benzene rings is 2. The quantitative estimate of drug-likeness (QED) is 0.577. The Kier molecular flexibility index (Phi) is 6.24. The number of anilines is 1. The third kappa shape index (κ3) is 4.28. The van der Waals surface area contributed by atoms with Gasteiger partial charge in [-0.1, -0.05) is 36.4 Å². The van der Waals surface area contributed by atoms with Gasteiger partial charge in [-0.3, -0.25) is 4.79 Å². The SMILES string of the molecule is CCc1nnc2n1N[C@H](c1ccc(OC)c(Cl)c1)[C@@H](C(=O)Nc1ccc(OC)cc1)S2. The maximum Gasteiger partial charge on any atom is 0.240 e. The largest absolute Gasteiger partial charge is 0.497 e. The maximum absolute atomic E-state index is 13.3. The van der Waals surface area contributed by atoms with Crippen molar-refractivity contribution in [1.82, 2.24) is 14.9 Å². The molecular formula is C21H22ClN5O3S. The molecule has 4 rings (SSSR count). The molecule has 0 saturated heterocycles. The predicted molar refractivity (Wildman–Crippen MR) is 121 cm³/mol. The highest BCUT2D eigenvalue weighted by Crippen LogP contribution is 2.39. The van der Waals surface area contributed by atoms with Gasteiger partial charge in [0.05, 0.1) is 25.3 Å². The lowest BCUT2D eigenvalue weighted by Gasteiger charge is -2.33. The first-order chi connectivity index (χ1) is 15.0. The second-order valence-corrected chi connectivity index (χ2v) is 8.36. The number of amides is 1. The summed E-state index contributed by atoms with van der Waals surface area (Å²) in [5.41, 5.74) is 4.94. The van der Waals surface area contributed by atoms with Gasteiger partial charge in [-0.15, -0.1) is 10.2 Å². The number of hydrogen-bond donors (Lipinski definition) is 2. The van der Waals surface area contributed by atoms with Crippen LogP contribution in [-0.2, 0) is 11.2 Å². The van der Waals surface area contributed by atoms with Gasteiger partial charge < -0.3 is 20.2 Å². The van der Waals surface area contributed by atoms with Crippen LogP contribution in [0.15, 0.2) is 47.6 Å². The van der Waals surface area contributed by atoms with Crippen molar-refractivity contribution in [3.8, 4) is 11.5 Å². The van der Waals surface area contributed by atoms with Crippen molar-refractivity contribution >= 4 is 35.0 Å². The van der Waals surface area contributed by atoms with Crippen molar-refractivity contribution < 1.29 is 14.3 Å². The molecule has 162 valence electrons. The number of thioether (sulfide) groups is 1. The fraction of sp³-hybridized carbons (Fsp3) is 0.286. The summed E-state index contributed by atoms with van der Waals surface area (Å²) >= 11 is 7.73. The third-order valence-electron chi connectivity index (χ3n) is 4.97. The van der Waals surface area contributed by atoms with Crippen molar-refractivity contribution in [3.63, 3.8) is 0 Å². The van der Waals surface area contributed by atoms with E-state index in [4.69, 9.17) is 21.1 Å². The molecule has 10 heteroatoms. The molecule has 2 N–H and O–H groups in total. The number of nitrogens with zero attached hydrogens (tertiary/aromatic N) is 3. The lowest BCUT2D eigenvalue weighted by atomic mass is 10.0. The minimum Gasteiger partial charge on any atom is -0.497 e. The molecule has 0 radical (unpaired) electrons. The summed E-state index contributed by atoms with van der Waals surface area (Å²) in [6.07, 6.45) is 0.708. The minimum atomic E-state index is -0.507. The van der Waals surface area contributed by atoms with Crippen LogP contribution >= 0.6 is 23.4 Å². The van der Waals surface area contributed by atoms with Crippen LogP contribution < -0.4 is 20.2 Å². The fourth-order valence-electron chi connectivity index (χ4n) is 3.34. The average molecular weight is 460 g/mol. The highest BCUT2D eigenvalue weighted by molar-refractivity contribution is 8.00. The van der Waals surface area contributed by atoms with E-state index in [1.165, 1.54) is 11.8 Å². The molecule has 0 saturated carbocycles. The summed E-state index contributed by atoms with van der Waals surface area (Å²) < 4.78 is 12.3. The Labute approximate surface area is 189 Å². The Morgan fingerprint density at radius 1 is 1.19 bits per heavy atom. The molecule has 3 aromatic rings. The molecule has 1 aromatic heterocycles. The number of carbonyl (C=O) groups is 1. The summed E-state index contributed by atoms with van der Waals surface area (Å²) in [6.45, 7) is 2.01. The van der Waals surface area contributed by atoms with Crippen molar-refractivity contribution in [2.45, 2.75) is 29.8 Å². The Morgan fingerprint density at radius 2 is 1.97 bits per heavy atom. The van der Waals surface area contributed by atoms with E-state index >= 15 is 0 Å². The van der Waals surface area contributed by atoms with E-state index in [0.29, 0.717) is 28.0 Å². The Hall–Kier alpha value is -2.91. The van der Waals surface area contributed by atoms with Gasteiger partial charge >= 0.3 is 0 Å². The molecule has 1 aliphatic rings. The molecule has 0 aliphatic carbocycles. The van der Waals surface area contributed by atoms with Gasteiger partial charge in [0.2, 0.25) is 11.1 Å². The Morgan fingerprint density at radius 3 is 2.61 bits per heavy atom. The molecule has 2 heterocycles. The van der Waals surface area contributed by atoms with Crippen LogP contribution in [0.2, 0.25) is 5.02 Å². The summed E-state index contributed by atoms with van der Waals surface area (Å²) in [5.74, 6) is 1.93. The number of methoxy groups -OCH3 is 2. The second kappa shape index (κ2) is 9.07. The molecule has 1 aliphatic heterocycles. The van der Waals surface area contributed by atoms with E-state index in [0.717, 1.165) is 17.1 Å². The third-order valence-corrected chi connectivity index (χ3v) is 6.48. The van der Waals surface area contributed by atoms with Crippen molar-refractivity contribution in [1.29, 1.82) is 0 Å². The van der Waals surface area contributed by atoms with Gasteiger partial charge in [0.1, 0.15) is 16.7 Å². The summed E-state index contributed by atoms with van der Waals surface area (Å²) in [6, 6.07) is 12.3. The van der Waals surface area contributed by atoms with Gasteiger partial charge in [-0.2, -0.15) is 0 Å². The lowest BCUT2D eigenvalue weighted by Crippen LogP contribution is -2.41. The minimum absolute atomic E-state index is 0.160. The standard InChI is InChI=1S/C21H22ClN5O3S/c1-4-17-24-25-21-27(17)26-18(12-5-10-16(30-3)15(22)11-12)19(31-21)20(28)23-13-6-8-14(29-2)9-7-13/h5-11,18-19,26H,4H2,1-3H3,(H,23,28)/t18-,19+/m1/s1. The van der Waals surface area contributed by atoms with Crippen LogP contribution in [0.5, 0.6) is 11.5 Å². The summed E-state index contributed by atoms with van der Waals surface area (Å²) in [5, 5.41) is 12.1. The number of rotatable bonds is 6. The molecule has 31 heavy (non-hydrogen) atoms. The van der Waals surface area contributed by atoms with Gasteiger partial charge in [-0.25, -0.2) is 4.68 Å². The molecule has 0 fully saturated rings. The summed E-state index contributed by atoms with van der Waals surface area (Å²) in [4.78, 5) is 13.3. The zero-order valence-corrected chi connectivity index (χ0v) is 18.8. The fourth-order valence-corrected chi connectivity index (χ4v) is 4.71. The van der Waals surface area contributed by atoms with E-state index < -0.39 is 5.25 Å². The van der Waals surface area contributed by atoms with Crippen LogP contribution in [0.4, 0.5) is 5.69 Å². The first kappa shape index (κ1) is 21.3. The first-order valence-electron chi connectivity index (χ1n) is 9.70. The average Bonchev–Trinajstić information content (AvgIpc) is 3.20. The first-order valence-corrected chi connectivity index (χ1v) is 11.0. The second-order valence-electron chi connectivity index (χ2n) is 6.84. The number of carbonyl (C=O) groups excluding carboxylic acids is 1. The van der Waals surface area contributed by atoms with E-state index in [1.807, 2.05) is 23.7 Å². The molecule has 2 aromatic carbocycles. The molecule has 0 unspecified atom stereocenters. The van der Waals surface area contributed by atoms with Crippen molar-refractivity contribution in [3.05, 3.63) is 58.9 Å². The molecule has 2 atom stereocenters. The maximum atomic E-state index is 13.3. The molecule has 8 nitrogen and oxygen atoms in total. The number of aromatic nitrogens is 3. The van der Waals surface area contributed by atoms with Crippen LogP contribution in [-0.4, -0.2) is 40.3 Å². The molecule has 1 amide bonds. The van der Waals surface area contributed by atoms with Crippen LogP contribution in [0.25, 0.3) is 0 Å². The number of aryl methyl sites for hydroxylation is 1. The van der Waals surface area contributed by atoms with E-state index in [9.17, 15) is 4.79 Å². The normalized spacial score (nSPS) is 17.4. The smallest absolute Gasteiger partial charge is 0.240 e. The van der Waals surface area contributed by atoms with Crippen LogP contribution in [0, 0.1) is 0 Å². The van der Waals surface area contributed by atoms with Gasteiger partial charge in [0.25, 0.3) is 0 Å². The predicted octanol–water partition coefficient (Wildman–Crippen LogP) is 3.91. The zero-order valence-electron chi connectivity index (χ0n) is 17.3. The van der Waals surface area contributed by atoms with Gasteiger partial charge in [0.15, 0.2) is 5.82 Å². The molecular weight excluding hydrogens is 438 g/mol. The molecule has 0 spiro atoms. The Bertz CT molecular complexity index is 1090. The monoisotopic (exact) mass is 459 g/mol. The lowest BCUT2D eigenvalue weighted by molar-refractivity contribution is -0.116. The highest BCUT2D eigenvalue weighted by Gasteiger charge is 2.38. The number of halogens is 1. The van der Waals surface area contributed by atoms with Gasteiger partial charge in [0, 0.05) is 12.1 Å². The van der Waals surface area contributed by atoms with Crippen molar-refractivity contribution in [2.24, 2.45) is 0 Å². The number of fused-ring (bicyclic) bond motifs is 1. The topological polar surface area (TPSA) is 90.3 Å². The Balaban J connectivity index is 1.66.